The fraction of sp³-hybridized carbons (Fsp3) is 0.200. The van der Waals surface area contributed by atoms with Crippen LogP contribution in [0.1, 0.15) is 11.1 Å². The summed E-state index contributed by atoms with van der Waals surface area (Å²) in [4.78, 5) is 0. The highest BCUT2D eigenvalue weighted by molar-refractivity contribution is 7.00. The molecule has 1 N–H and O–H groups in total. The lowest BCUT2D eigenvalue weighted by Gasteiger charge is -2.08. The quantitative estimate of drug-likeness (QED) is 0.775. The second-order valence-electron chi connectivity index (χ2n) is 4.58. The Bertz CT molecular complexity index is 711. The van der Waals surface area contributed by atoms with Crippen molar-refractivity contribution in [2.45, 2.75) is 13.0 Å². The van der Waals surface area contributed by atoms with Crippen LogP contribution < -0.4 is 5.32 Å². The van der Waals surface area contributed by atoms with Crippen molar-refractivity contribution in [2.24, 2.45) is 0 Å². The Morgan fingerprint density at radius 2 is 1.90 bits per heavy atom. The molecule has 2 aromatic carbocycles. The summed E-state index contributed by atoms with van der Waals surface area (Å²) in [5, 5.41) is 3.35. The molecule has 0 saturated carbocycles. The largest absolute Gasteiger partial charge is 0.381 e. The van der Waals surface area contributed by atoms with Crippen LogP contribution in [0.3, 0.4) is 0 Å². The summed E-state index contributed by atoms with van der Waals surface area (Å²) in [5.41, 5.74) is 5.04. The van der Waals surface area contributed by atoms with E-state index in [0.717, 1.165) is 27.8 Å². The average Bonchev–Trinajstić information content (AvgIpc) is 2.93. The molecule has 0 fully saturated rings. The first kappa shape index (κ1) is 13.0. The Labute approximate surface area is 120 Å². The van der Waals surface area contributed by atoms with Gasteiger partial charge in [0.05, 0.1) is 18.4 Å². The Hall–Kier alpha value is -2.01. The first-order chi connectivity index (χ1) is 9.85. The lowest BCUT2D eigenvalue weighted by Crippen LogP contribution is -2.00. The van der Waals surface area contributed by atoms with Crippen molar-refractivity contribution in [2.75, 3.05) is 12.0 Å². The molecule has 0 unspecified atom stereocenters. The number of aryl methyl sites for hydroxylation is 1. The summed E-state index contributed by atoms with van der Waals surface area (Å²) in [6.45, 7) is 0.392. The molecule has 0 radical (unpaired) electrons. The van der Waals surface area contributed by atoms with Gasteiger partial charge in [0.2, 0.25) is 0 Å². The highest BCUT2D eigenvalue weighted by Gasteiger charge is 2.01. The maximum atomic E-state index is 12.3. The number of anilines is 1. The number of fused-ring (bicyclic) bond motifs is 1. The molecule has 0 spiro atoms. The fourth-order valence-corrected chi connectivity index (χ4v) is 2.61. The molecule has 3 nitrogen and oxygen atoms in total. The number of hydrogen-bond acceptors (Lipinski definition) is 4. The van der Waals surface area contributed by atoms with Gasteiger partial charge in [0.1, 0.15) is 11.0 Å². The first-order valence-corrected chi connectivity index (χ1v) is 7.18. The summed E-state index contributed by atoms with van der Waals surface area (Å²) < 4.78 is 20.8. The summed E-state index contributed by atoms with van der Waals surface area (Å²) in [5.74, 6) is 0. The van der Waals surface area contributed by atoms with Crippen molar-refractivity contribution in [1.29, 1.82) is 0 Å². The predicted molar refractivity (Wildman–Crippen MR) is 80.9 cm³/mol. The second kappa shape index (κ2) is 5.96. The second-order valence-corrected chi connectivity index (χ2v) is 5.11. The number of rotatable bonds is 5. The minimum Gasteiger partial charge on any atom is -0.381 e. The molecule has 0 atom stereocenters. The van der Waals surface area contributed by atoms with E-state index in [1.165, 1.54) is 11.7 Å². The van der Waals surface area contributed by atoms with E-state index in [9.17, 15) is 4.39 Å². The zero-order chi connectivity index (χ0) is 13.8. The molecule has 0 amide bonds. The third-order valence-corrected chi connectivity index (χ3v) is 3.68. The molecule has 0 aliphatic carbocycles. The monoisotopic (exact) mass is 287 g/mol. The van der Waals surface area contributed by atoms with Crippen LogP contribution in [0.5, 0.6) is 0 Å². The fourth-order valence-electron chi connectivity index (χ4n) is 2.09. The lowest BCUT2D eigenvalue weighted by atomic mass is 10.1. The molecule has 3 aromatic rings. The third kappa shape index (κ3) is 2.93. The number of hydrogen-bond donors (Lipinski definition) is 1. The van der Waals surface area contributed by atoms with Gasteiger partial charge in [-0.15, -0.1) is 0 Å². The van der Waals surface area contributed by atoms with E-state index in [4.69, 9.17) is 0 Å². The lowest BCUT2D eigenvalue weighted by molar-refractivity contribution is 0.495. The molecule has 1 heterocycles. The maximum absolute atomic E-state index is 12.3. The van der Waals surface area contributed by atoms with E-state index < -0.39 is 0 Å². The van der Waals surface area contributed by atoms with Crippen molar-refractivity contribution in [1.82, 2.24) is 8.75 Å². The predicted octanol–water partition coefficient (Wildman–Crippen LogP) is 3.82. The summed E-state index contributed by atoms with van der Waals surface area (Å²) in [6, 6.07) is 13.9. The van der Waals surface area contributed by atoms with Crippen LogP contribution in [0, 0.1) is 0 Å². The van der Waals surface area contributed by atoms with Crippen LogP contribution in [0.4, 0.5) is 10.1 Å². The third-order valence-electron chi connectivity index (χ3n) is 3.12. The molecule has 0 saturated heterocycles. The van der Waals surface area contributed by atoms with Crippen LogP contribution in [-0.2, 0) is 13.0 Å². The molecule has 3 rings (SSSR count). The van der Waals surface area contributed by atoms with Gasteiger partial charge in [0.15, 0.2) is 0 Å². The van der Waals surface area contributed by atoms with E-state index in [0.29, 0.717) is 13.0 Å². The standard InChI is InChI=1S/C15H14FN3S/c16-7-6-11-2-1-3-13(8-11)17-10-12-4-5-14-15(9-12)19-20-18-14/h1-5,8-9,17H,6-7,10H2. The van der Waals surface area contributed by atoms with Crippen molar-refractivity contribution in [3.05, 3.63) is 53.6 Å². The smallest absolute Gasteiger partial charge is 0.105 e. The maximum Gasteiger partial charge on any atom is 0.105 e. The minimum atomic E-state index is -0.322. The average molecular weight is 287 g/mol. The van der Waals surface area contributed by atoms with Gasteiger partial charge in [-0.3, -0.25) is 4.39 Å². The molecule has 0 aliphatic rings. The van der Waals surface area contributed by atoms with Crippen LogP contribution in [0.2, 0.25) is 0 Å². The number of alkyl halides is 1. The van der Waals surface area contributed by atoms with Gasteiger partial charge in [-0.25, -0.2) is 0 Å². The Morgan fingerprint density at radius 1 is 1.00 bits per heavy atom. The van der Waals surface area contributed by atoms with Gasteiger partial charge in [0, 0.05) is 18.7 Å². The van der Waals surface area contributed by atoms with Crippen molar-refractivity contribution in [3.63, 3.8) is 0 Å². The van der Waals surface area contributed by atoms with Gasteiger partial charge in [-0.1, -0.05) is 18.2 Å². The van der Waals surface area contributed by atoms with Crippen LogP contribution in [-0.4, -0.2) is 15.4 Å². The summed E-state index contributed by atoms with van der Waals surface area (Å²) >= 11 is 1.23. The number of nitrogens with one attached hydrogen (secondary N) is 1. The first-order valence-electron chi connectivity index (χ1n) is 6.45. The van der Waals surface area contributed by atoms with E-state index in [-0.39, 0.29) is 6.67 Å². The van der Waals surface area contributed by atoms with Gasteiger partial charge in [-0.2, -0.15) is 8.75 Å². The summed E-state index contributed by atoms with van der Waals surface area (Å²) in [7, 11) is 0. The van der Waals surface area contributed by atoms with Gasteiger partial charge in [0.25, 0.3) is 0 Å². The Balaban J connectivity index is 1.70. The van der Waals surface area contributed by atoms with Crippen LogP contribution in [0.15, 0.2) is 42.5 Å². The minimum absolute atomic E-state index is 0.322. The van der Waals surface area contributed by atoms with E-state index in [1.54, 1.807) is 0 Å². The number of halogens is 1. The SMILES string of the molecule is FCCc1cccc(NCc2ccc3nsnc3c2)c1. The molecule has 5 heteroatoms. The highest BCUT2D eigenvalue weighted by Crippen LogP contribution is 2.16. The van der Waals surface area contributed by atoms with Gasteiger partial charge in [-0.05, 0) is 35.4 Å². The number of aromatic nitrogens is 2. The molecule has 0 bridgehead atoms. The van der Waals surface area contributed by atoms with E-state index >= 15 is 0 Å². The van der Waals surface area contributed by atoms with Crippen molar-refractivity contribution < 1.29 is 4.39 Å². The van der Waals surface area contributed by atoms with Gasteiger partial charge < -0.3 is 5.32 Å². The van der Waals surface area contributed by atoms with E-state index in [2.05, 4.69) is 14.1 Å². The number of benzene rings is 2. The van der Waals surface area contributed by atoms with E-state index in [1.807, 2.05) is 42.5 Å². The Morgan fingerprint density at radius 3 is 2.80 bits per heavy atom. The van der Waals surface area contributed by atoms with Crippen molar-refractivity contribution in [3.8, 4) is 0 Å². The molecular weight excluding hydrogens is 273 g/mol. The topological polar surface area (TPSA) is 37.8 Å². The zero-order valence-corrected chi connectivity index (χ0v) is 11.7. The summed E-state index contributed by atoms with van der Waals surface area (Å²) in [6.07, 6.45) is 0.464. The molecule has 20 heavy (non-hydrogen) atoms. The Kier molecular flexibility index (Phi) is 3.87. The molecule has 102 valence electrons. The van der Waals surface area contributed by atoms with Crippen LogP contribution in [0.25, 0.3) is 11.0 Å². The molecule has 0 aliphatic heterocycles. The normalized spacial score (nSPS) is 10.8. The van der Waals surface area contributed by atoms with Crippen molar-refractivity contribution >= 4 is 28.4 Å². The molecular formula is C15H14FN3S. The zero-order valence-electron chi connectivity index (χ0n) is 10.8. The highest BCUT2D eigenvalue weighted by atomic mass is 32.1. The molecule has 1 aromatic heterocycles. The van der Waals surface area contributed by atoms with Crippen LogP contribution >= 0.6 is 11.7 Å². The number of nitrogens with zero attached hydrogens (tertiary/aromatic N) is 2. The van der Waals surface area contributed by atoms with Gasteiger partial charge >= 0.3 is 0 Å².